The molecule has 0 aliphatic rings. The lowest BCUT2D eigenvalue weighted by Crippen LogP contribution is -2.30. The highest BCUT2D eigenvalue weighted by molar-refractivity contribution is 6.31. The van der Waals surface area contributed by atoms with Gasteiger partial charge in [0.15, 0.2) is 6.10 Å². The Morgan fingerprint density at radius 3 is 2.48 bits per heavy atom. The highest BCUT2D eigenvalue weighted by atomic mass is 35.5. The molecule has 0 bridgehead atoms. The van der Waals surface area contributed by atoms with Crippen molar-refractivity contribution in [3.63, 3.8) is 0 Å². The molecule has 0 aromatic heterocycles. The predicted octanol–water partition coefficient (Wildman–Crippen LogP) is 4.71. The van der Waals surface area contributed by atoms with Crippen LogP contribution in [-0.2, 0) is 4.79 Å². The first-order valence-corrected chi connectivity index (χ1v) is 7.21. The minimum atomic E-state index is -0.635. The van der Waals surface area contributed by atoms with E-state index in [4.69, 9.17) is 27.9 Å². The van der Waals surface area contributed by atoms with E-state index in [1.165, 1.54) is 0 Å². The molecule has 0 saturated heterocycles. The Morgan fingerprint density at radius 2 is 1.81 bits per heavy atom. The number of hydrogen-bond donors (Lipinski definition) is 1. The lowest BCUT2D eigenvalue weighted by Gasteiger charge is -2.16. The molecule has 0 spiro atoms. The van der Waals surface area contributed by atoms with Crippen LogP contribution in [0.1, 0.15) is 12.5 Å². The van der Waals surface area contributed by atoms with Gasteiger partial charge in [-0.2, -0.15) is 0 Å². The van der Waals surface area contributed by atoms with Gasteiger partial charge in [0.2, 0.25) is 0 Å². The second kappa shape index (κ2) is 6.83. The summed E-state index contributed by atoms with van der Waals surface area (Å²) in [7, 11) is 0. The van der Waals surface area contributed by atoms with Crippen LogP contribution < -0.4 is 10.1 Å². The third kappa shape index (κ3) is 4.13. The van der Waals surface area contributed by atoms with E-state index in [-0.39, 0.29) is 5.91 Å². The maximum absolute atomic E-state index is 12.1. The summed E-state index contributed by atoms with van der Waals surface area (Å²) in [6.07, 6.45) is -0.635. The highest BCUT2D eigenvalue weighted by Crippen LogP contribution is 2.23. The summed E-state index contributed by atoms with van der Waals surface area (Å²) in [6.45, 7) is 3.53. The van der Waals surface area contributed by atoms with E-state index in [0.29, 0.717) is 21.5 Å². The van der Waals surface area contributed by atoms with Crippen LogP contribution in [0.2, 0.25) is 10.0 Å². The second-order valence-electron chi connectivity index (χ2n) is 4.62. The summed E-state index contributed by atoms with van der Waals surface area (Å²) in [5.41, 5.74) is 1.50. The largest absolute Gasteiger partial charge is 0.481 e. The van der Waals surface area contributed by atoms with Crippen molar-refractivity contribution in [2.24, 2.45) is 0 Å². The van der Waals surface area contributed by atoms with Crippen LogP contribution in [0.15, 0.2) is 42.5 Å². The van der Waals surface area contributed by atoms with E-state index >= 15 is 0 Å². The number of carbonyl (C=O) groups is 1. The molecule has 0 aliphatic carbocycles. The summed E-state index contributed by atoms with van der Waals surface area (Å²) in [5.74, 6) is 0.347. The van der Waals surface area contributed by atoms with Crippen LogP contribution in [0.5, 0.6) is 5.75 Å². The molecule has 1 amide bonds. The number of halogens is 2. The Hall–Kier alpha value is -1.71. The van der Waals surface area contributed by atoms with Crippen LogP contribution in [0.4, 0.5) is 5.69 Å². The summed E-state index contributed by atoms with van der Waals surface area (Å²) in [6, 6.07) is 12.2. The highest BCUT2D eigenvalue weighted by Gasteiger charge is 2.16. The first-order chi connectivity index (χ1) is 9.97. The zero-order chi connectivity index (χ0) is 15.4. The number of amides is 1. The van der Waals surface area contributed by atoms with Crippen molar-refractivity contribution >= 4 is 34.8 Å². The van der Waals surface area contributed by atoms with Crippen LogP contribution in [0.3, 0.4) is 0 Å². The second-order valence-corrected chi connectivity index (χ2v) is 5.46. The fraction of sp³-hybridized carbons (Fsp3) is 0.188. The summed E-state index contributed by atoms with van der Waals surface area (Å²) in [4.78, 5) is 12.1. The van der Waals surface area contributed by atoms with Crippen molar-refractivity contribution in [3.8, 4) is 5.75 Å². The fourth-order valence-corrected chi connectivity index (χ4v) is 2.05. The zero-order valence-electron chi connectivity index (χ0n) is 11.7. The summed E-state index contributed by atoms with van der Waals surface area (Å²) < 4.78 is 5.57. The molecule has 2 aromatic rings. The molecule has 1 N–H and O–H groups in total. The molecule has 0 saturated carbocycles. The summed E-state index contributed by atoms with van der Waals surface area (Å²) in [5, 5.41) is 4.04. The number of carbonyl (C=O) groups excluding carboxylic acids is 1. The van der Waals surface area contributed by atoms with Gasteiger partial charge >= 0.3 is 0 Å². The standard InChI is InChI=1S/C16H15Cl2NO2/c1-10-14(18)4-3-5-15(10)19-16(20)11(2)21-13-8-6-12(17)7-9-13/h3-9,11H,1-2H3,(H,19,20). The van der Waals surface area contributed by atoms with Gasteiger partial charge < -0.3 is 10.1 Å². The van der Waals surface area contributed by atoms with Gasteiger partial charge in [-0.25, -0.2) is 0 Å². The topological polar surface area (TPSA) is 38.3 Å². The van der Waals surface area contributed by atoms with E-state index in [9.17, 15) is 4.79 Å². The van der Waals surface area contributed by atoms with E-state index in [0.717, 1.165) is 5.56 Å². The molecule has 0 heterocycles. The zero-order valence-corrected chi connectivity index (χ0v) is 13.2. The maximum Gasteiger partial charge on any atom is 0.265 e. The average molecular weight is 324 g/mol. The fourth-order valence-electron chi connectivity index (χ4n) is 1.75. The van der Waals surface area contributed by atoms with Gasteiger partial charge in [0.25, 0.3) is 5.91 Å². The Labute approximate surface area is 133 Å². The lowest BCUT2D eigenvalue weighted by atomic mass is 10.2. The first kappa shape index (κ1) is 15.7. The molecule has 0 aliphatic heterocycles. The minimum Gasteiger partial charge on any atom is -0.481 e. The molecule has 110 valence electrons. The van der Waals surface area contributed by atoms with Gasteiger partial charge in [-0.1, -0.05) is 29.3 Å². The van der Waals surface area contributed by atoms with Gasteiger partial charge in [0.05, 0.1) is 0 Å². The van der Waals surface area contributed by atoms with E-state index in [1.54, 1.807) is 49.4 Å². The number of benzene rings is 2. The normalized spacial score (nSPS) is 11.8. The van der Waals surface area contributed by atoms with E-state index in [1.807, 2.05) is 6.92 Å². The molecule has 0 radical (unpaired) electrons. The molecule has 1 atom stereocenters. The van der Waals surface area contributed by atoms with Crippen LogP contribution >= 0.6 is 23.2 Å². The Kier molecular flexibility index (Phi) is 5.10. The minimum absolute atomic E-state index is 0.240. The Bertz CT molecular complexity index is 641. The molecule has 21 heavy (non-hydrogen) atoms. The molecule has 2 aromatic carbocycles. The number of hydrogen-bond acceptors (Lipinski definition) is 2. The SMILES string of the molecule is Cc1c(Cl)cccc1NC(=O)C(C)Oc1ccc(Cl)cc1. The third-order valence-corrected chi connectivity index (χ3v) is 3.68. The number of nitrogens with one attached hydrogen (secondary N) is 1. The quantitative estimate of drug-likeness (QED) is 0.885. The van der Waals surface area contributed by atoms with E-state index in [2.05, 4.69) is 5.32 Å². The Balaban J connectivity index is 2.02. The van der Waals surface area contributed by atoms with Gasteiger partial charge in [-0.3, -0.25) is 4.79 Å². The lowest BCUT2D eigenvalue weighted by molar-refractivity contribution is -0.122. The first-order valence-electron chi connectivity index (χ1n) is 6.45. The molecular weight excluding hydrogens is 309 g/mol. The number of rotatable bonds is 4. The molecule has 3 nitrogen and oxygen atoms in total. The molecule has 0 fully saturated rings. The van der Waals surface area contributed by atoms with Gasteiger partial charge in [-0.15, -0.1) is 0 Å². The van der Waals surface area contributed by atoms with Crippen molar-refractivity contribution in [3.05, 3.63) is 58.1 Å². The van der Waals surface area contributed by atoms with Gasteiger partial charge in [-0.05, 0) is 55.8 Å². The van der Waals surface area contributed by atoms with Crippen molar-refractivity contribution in [1.29, 1.82) is 0 Å². The van der Waals surface area contributed by atoms with Crippen LogP contribution in [0, 0.1) is 6.92 Å². The molecule has 2 rings (SSSR count). The summed E-state index contributed by atoms with van der Waals surface area (Å²) >= 11 is 11.8. The number of ether oxygens (including phenoxy) is 1. The maximum atomic E-state index is 12.1. The molecule has 5 heteroatoms. The average Bonchev–Trinajstić information content (AvgIpc) is 2.46. The van der Waals surface area contributed by atoms with Crippen molar-refractivity contribution in [1.82, 2.24) is 0 Å². The molecular formula is C16H15Cl2NO2. The van der Waals surface area contributed by atoms with Crippen LogP contribution in [0.25, 0.3) is 0 Å². The smallest absolute Gasteiger partial charge is 0.265 e. The van der Waals surface area contributed by atoms with Crippen molar-refractivity contribution < 1.29 is 9.53 Å². The van der Waals surface area contributed by atoms with Crippen molar-refractivity contribution in [2.75, 3.05) is 5.32 Å². The predicted molar refractivity (Wildman–Crippen MR) is 86.4 cm³/mol. The number of anilines is 1. The monoisotopic (exact) mass is 323 g/mol. The Morgan fingerprint density at radius 1 is 1.14 bits per heavy atom. The van der Waals surface area contributed by atoms with E-state index < -0.39 is 6.10 Å². The van der Waals surface area contributed by atoms with Crippen LogP contribution in [-0.4, -0.2) is 12.0 Å². The third-order valence-electron chi connectivity index (χ3n) is 3.02. The van der Waals surface area contributed by atoms with Gasteiger partial charge in [0.1, 0.15) is 5.75 Å². The molecule has 1 unspecified atom stereocenters. The van der Waals surface area contributed by atoms with Crippen molar-refractivity contribution in [2.45, 2.75) is 20.0 Å². The van der Waals surface area contributed by atoms with Gasteiger partial charge in [0, 0.05) is 15.7 Å².